The van der Waals surface area contributed by atoms with E-state index < -0.39 is 0 Å². The van der Waals surface area contributed by atoms with Crippen LogP contribution in [0, 0.1) is 0 Å². The summed E-state index contributed by atoms with van der Waals surface area (Å²) in [5.41, 5.74) is 6.55. The fourth-order valence-corrected chi connectivity index (χ4v) is 2.61. The molecule has 90 valence electrons. The lowest BCUT2D eigenvalue weighted by Crippen LogP contribution is -1.89. The molecule has 0 unspecified atom stereocenters. The molecule has 0 amide bonds. The van der Waals surface area contributed by atoms with E-state index in [1.807, 2.05) is 30.3 Å². The van der Waals surface area contributed by atoms with Crippen LogP contribution in [-0.2, 0) is 0 Å². The molecule has 0 radical (unpaired) electrons. The van der Waals surface area contributed by atoms with E-state index in [1.54, 1.807) is 7.11 Å². The second-order valence-corrected chi connectivity index (χ2v) is 4.82. The maximum Gasteiger partial charge on any atom is 0.203 e. The second kappa shape index (κ2) is 4.27. The molecule has 2 N–H and O–H groups in total. The number of aromatic nitrogens is 2. The Labute approximate surface area is 108 Å². The first-order valence-electron chi connectivity index (χ1n) is 5.44. The highest BCUT2D eigenvalue weighted by Crippen LogP contribution is 2.38. The Bertz CT molecular complexity index is 708. The minimum Gasteiger partial charge on any atom is -0.495 e. The lowest BCUT2D eigenvalue weighted by atomic mass is 10.1. The van der Waals surface area contributed by atoms with Gasteiger partial charge in [0.05, 0.1) is 12.7 Å². The molecule has 5 heteroatoms. The number of fused-ring (bicyclic) bond motifs is 1. The fraction of sp³-hybridized carbons (Fsp3) is 0.0769. The van der Waals surface area contributed by atoms with Crippen molar-refractivity contribution in [1.82, 2.24) is 10.2 Å². The Morgan fingerprint density at radius 2 is 1.94 bits per heavy atom. The minimum atomic E-state index is 0.459. The SMILES string of the molecule is COc1c(-c2nnc(N)s2)ccc2ccccc12. The second-order valence-electron chi connectivity index (χ2n) is 3.81. The molecule has 0 spiro atoms. The molecule has 3 aromatic rings. The average molecular weight is 257 g/mol. The van der Waals surface area contributed by atoms with Crippen molar-refractivity contribution in [3.63, 3.8) is 0 Å². The fourth-order valence-electron chi connectivity index (χ4n) is 1.97. The molecular formula is C13H11N3OS. The topological polar surface area (TPSA) is 61.0 Å². The van der Waals surface area contributed by atoms with Crippen molar-refractivity contribution in [2.45, 2.75) is 0 Å². The molecule has 0 aliphatic carbocycles. The summed E-state index contributed by atoms with van der Waals surface area (Å²) in [7, 11) is 1.66. The molecule has 0 atom stereocenters. The van der Waals surface area contributed by atoms with E-state index in [1.165, 1.54) is 11.3 Å². The van der Waals surface area contributed by atoms with Gasteiger partial charge in [0.1, 0.15) is 5.75 Å². The molecule has 3 rings (SSSR count). The van der Waals surface area contributed by atoms with Crippen LogP contribution in [0.15, 0.2) is 36.4 Å². The number of nitrogen functional groups attached to an aromatic ring is 1. The van der Waals surface area contributed by atoms with Crippen LogP contribution in [0.2, 0.25) is 0 Å². The number of nitrogens with two attached hydrogens (primary N) is 1. The predicted octanol–water partition coefficient (Wildman–Crippen LogP) is 2.95. The monoisotopic (exact) mass is 257 g/mol. The van der Waals surface area contributed by atoms with Crippen molar-refractivity contribution >= 4 is 27.2 Å². The van der Waals surface area contributed by atoms with Crippen molar-refractivity contribution in [1.29, 1.82) is 0 Å². The van der Waals surface area contributed by atoms with Gasteiger partial charge in [-0.15, -0.1) is 10.2 Å². The lowest BCUT2D eigenvalue weighted by molar-refractivity contribution is 0.421. The van der Waals surface area contributed by atoms with E-state index in [0.29, 0.717) is 5.13 Å². The first kappa shape index (κ1) is 11.0. The van der Waals surface area contributed by atoms with Gasteiger partial charge in [-0.1, -0.05) is 41.7 Å². The third kappa shape index (κ3) is 1.69. The molecule has 18 heavy (non-hydrogen) atoms. The van der Waals surface area contributed by atoms with Crippen LogP contribution in [0.1, 0.15) is 0 Å². The maximum atomic E-state index is 5.62. The average Bonchev–Trinajstić information content (AvgIpc) is 2.84. The van der Waals surface area contributed by atoms with Crippen LogP contribution >= 0.6 is 11.3 Å². The summed E-state index contributed by atoms with van der Waals surface area (Å²) in [5.74, 6) is 0.809. The number of anilines is 1. The molecule has 0 bridgehead atoms. The van der Waals surface area contributed by atoms with Crippen LogP contribution in [0.5, 0.6) is 5.75 Å². The molecule has 0 fully saturated rings. The van der Waals surface area contributed by atoms with Gasteiger partial charge < -0.3 is 10.5 Å². The highest BCUT2D eigenvalue weighted by Gasteiger charge is 2.13. The Morgan fingerprint density at radius 1 is 1.11 bits per heavy atom. The van der Waals surface area contributed by atoms with Gasteiger partial charge in [-0.2, -0.15) is 0 Å². The number of ether oxygens (including phenoxy) is 1. The van der Waals surface area contributed by atoms with Gasteiger partial charge >= 0.3 is 0 Å². The Morgan fingerprint density at radius 3 is 2.67 bits per heavy atom. The van der Waals surface area contributed by atoms with Gasteiger partial charge in [-0.3, -0.25) is 0 Å². The molecule has 1 aromatic heterocycles. The number of benzene rings is 2. The summed E-state index contributed by atoms with van der Waals surface area (Å²) in [5, 5.41) is 11.3. The van der Waals surface area contributed by atoms with E-state index in [2.05, 4.69) is 16.3 Å². The smallest absolute Gasteiger partial charge is 0.203 e. The van der Waals surface area contributed by atoms with E-state index in [4.69, 9.17) is 10.5 Å². The van der Waals surface area contributed by atoms with E-state index in [-0.39, 0.29) is 0 Å². The van der Waals surface area contributed by atoms with E-state index in [9.17, 15) is 0 Å². The van der Waals surface area contributed by atoms with Crippen molar-refractivity contribution in [2.75, 3.05) is 12.8 Å². The van der Waals surface area contributed by atoms with Crippen molar-refractivity contribution < 1.29 is 4.74 Å². The molecule has 1 heterocycles. The molecule has 0 saturated heterocycles. The predicted molar refractivity (Wildman–Crippen MR) is 73.8 cm³/mol. The van der Waals surface area contributed by atoms with Gasteiger partial charge in [0.15, 0.2) is 5.01 Å². The summed E-state index contributed by atoms with van der Waals surface area (Å²) >= 11 is 1.35. The van der Waals surface area contributed by atoms with E-state index >= 15 is 0 Å². The third-order valence-electron chi connectivity index (χ3n) is 2.75. The first-order chi connectivity index (χ1) is 8.79. The maximum absolute atomic E-state index is 5.62. The normalized spacial score (nSPS) is 10.7. The van der Waals surface area contributed by atoms with Crippen molar-refractivity contribution in [3.05, 3.63) is 36.4 Å². The molecule has 0 saturated carbocycles. The minimum absolute atomic E-state index is 0.459. The molecule has 2 aromatic carbocycles. The largest absolute Gasteiger partial charge is 0.495 e. The van der Waals surface area contributed by atoms with Crippen LogP contribution in [0.25, 0.3) is 21.3 Å². The van der Waals surface area contributed by atoms with Gasteiger partial charge in [0, 0.05) is 5.39 Å². The zero-order valence-corrected chi connectivity index (χ0v) is 10.6. The summed E-state index contributed by atoms with van der Waals surface area (Å²) < 4.78 is 5.52. The number of methoxy groups -OCH3 is 1. The highest BCUT2D eigenvalue weighted by molar-refractivity contribution is 7.18. The van der Waals surface area contributed by atoms with Gasteiger partial charge in [0.25, 0.3) is 0 Å². The van der Waals surface area contributed by atoms with Gasteiger partial charge in [-0.25, -0.2) is 0 Å². The number of hydrogen-bond acceptors (Lipinski definition) is 5. The molecule has 4 nitrogen and oxygen atoms in total. The first-order valence-corrected chi connectivity index (χ1v) is 6.26. The lowest BCUT2D eigenvalue weighted by Gasteiger charge is -2.09. The van der Waals surface area contributed by atoms with Crippen LogP contribution in [0.3, 0.4) is 0 Å². The summed E-state index contributed by atoms with van der Waals surface area (Å²) in [6.07, 6.45) is 0. The van der Waals surface area contributed by atoms with Crippen molar-refractivity contribution in [3.8, 4) is 16.3 Å². The Kier molecular flexibility index (Phi) is 2.60. The molecule has 0 aliphatic rings. The zero-order chi connectivity index (χ0) is 12.5. The number of hydrogen-bond donors (Lipinski definition) is 1. The van der Waals surface area contributed by atoms with E-state index in [0.717, 1.165) is 27.1 Å². The van der Waals surface area contributed by atoms with Gasteiger partial charge in [-0.05, 0) is 11.5 Å². The summed E-state index contributed by atoms with van der Waals surface area (Å²) in [4.78, 5) is 0. The molecular weight excluding hydrogens is 246 g/mol. The summed E-state index contributed by atoms with van der Waals surface area (Å²) in [6.45, 7) is 0. The highest BCUT2D eigenvalue weighted by atomic mass is 32.1. The quantitative estimate of drug-likeness (QED) is 0.766. The Hall–Kier alpha value is -2.14. The Balaban J connectivity index is 2.29. The standard InChI is InChI=1S/C13H11N3OS/c1-17-11-9-5-3-2-4-8(9)6-7-10(11)12-15-16-13(14)18-12/h2-7H,1H3,(H2,14,16). The van der Waals surface area contributed by atoms with Crippen LogP contribution in [-0.4, -0.2) is 17.3 Å². The zero-order valence-electron chi connectivity index (χ0n) is 9.75. The van der Waals surface area contributed by atoms with Crippen molar-refractivity contribution in [2.24, 2.45) is 0 Å². The number of rotatable bonds is 2. The molecule has 0 aliphatic heterocycles. The third-order valence-corrected chi connectivity index (χ3v) is 3.54. The van der Waals surface area contributed by atoms with Crippen LogP contribution < -0.4 is 10.5 Å². The number of nitrogens with zero attached hydrogens (tertiary/aromatic N) is 2. The van der Waals surface area contributed by atoms with Crippen LogP contribution in [0.4, 0.5) is 5.13 Å². The van der Waals surface area contributed by atoms with Gasteiger partial charge in [0.2, 0.25) is 5.13 Å². The summed E-state index contributed by atoms with van der Waals surface area (Å²) in [6, 6.07) is 12.1.